The Morgan fingerprint density at radius 2 is 1.85 bits per heavy atom. The average molecular weight is 491 g/mol. The third-order valence-electron chi connectivity index (χ3n) is 3.67. The average Bonchev–Trinajstić information content (AvgIpc) is 3.14. The SMILES string of the molecule is Br.Cc1nc2ccc(Cl)cn2c1-c1csc(Nc2ccc(Cl)c(Cl)c2)n1. The van der Waals surface area contributed by atoms with E-state index in [1.165, 1.54) is 11.3 Å². The highest BCUT2D eigenvalue weighted by atomic mass is 79.9. The number of anilines is 2. The third kappa shape index (κ3) is 3.70. The van der Waals surface area contributed by atoms with Crippen molar-refractivity contribution in [1.82, 2.24) is 14.4 Å². The molecule has 0 amide bonds. The maximum atomic E-state index is 6.13. The van der Waals surface area contributed by atoms with E-state index in [-0.39, 0.29) is 17.0 Å². The zero-order valence-corrected chi connectivity index (χ0v) is 18.1. The molecule has 1 N–H and O–H groups in total. The molecular formula is C17H12BrCl3N4S. The second-order valence-corrected chi connectivity index (χ2v) is 7.52. The van der Waals surface area contributed by atoms with Crippen LogP contribution in [-0.4, -0.2) is 14.4 Å². The topological polar surface area (TPSA) is 42.2 Å². The van der Waals surface area contributed by atoms with Gasteiger partial charge < -0.3 is 5.32 Å². The summed E-state index contributed by atoms with van der Waals surface area (Å²) in [5.74, 6) is 0. The molecule has 0 spiro atoms. The van der Waals surface area contributed by atoms with Crippen LogP contribution in [0.25, 0.3) is 17.0 Å². The van der Waals surface area contributed by atoms with Crippen LogP contribution in [0.4, 0.5) is 10.8 Å². The van der Waals surface area contributed by atoms with E-state index in [4.69, 9.17) is 34.8 Å². The Kier molecular flexibility index (Phi) is 5.79. The summed E-state index contributed by atoms with van der Waals surface area (Å²) in [5.41, 5.74) is 4.32. The number of rotatable bonds is 3. The van der Waals surface area contributed by atoms with E-state index >= 15 is 0 Å². The van der Waals surface area contributed by atoms with Gasteiger partial charge in [0.15, 0.2) is 5.13 Å². The maximum Gasteiger partial charge on any atom is 0.187 e. The Balaban J connectivity index is 0.00000196. The molecule has 4 aromatic rings. The normalized spacial score (nSPS) is 10.8. The molecule has 4 rings (SSSR count). The summed E-state index contributed by atoms with van der Waals surface area (Å²) in [4.78, 5) is 9.23. The molecule has 0 radical (unpaired) electrons. The van der Waals surface area contributed by atoms with Crippen LogP contribution < -0.4 is 5.32 Å². The summed E-state index contributed by atoms with van der Waals surface area (Å²) in [7, 11) is 0. The molecule has 0 bridgehead atoms. The molecule has 1 aromatic carbocycles. The number of fused-ring (bicyclic) bond motifs is 1. The van der Waals surface area contributed by atoms with Crippen molar-refractivity contribution in [3.8, 4) is 11.4 Å². The number of halogens is 4. The number of thiazole rings is 1. The van der Waals surface area contributed by atoms with Crippen LogP contribution in [0.2, 0.25) is 15.1 Å². The number of imidazole rings is 1. The number of nitrogens with one attached hydrogen (secondary N) is 1. The molecule has 134 valence electrons. The van der Waals surface area contributed by atoms with Gasteiger partial charge in [0, 0.05) is 17.3 Å². The first-order chi connectivity index (χ1) is 12.0. The van der Waals surface area contributed by atoms with Crippen LogP contribution >= 0.6 is 63.1 Å². The Labute approximate surface area is 179 Å². The summed E-state index contributed by atoms with van der Waals surface area (Å²) in [5, 5.41) is 7.64. The second-order valence-electron chi connectivity index (χ2n) is 5.41. The van der Waals surface area contributed by atoms with Gasteiger partial charge in [-0.15, -0.1) is 28.3 Å². The predicted octanol–water partition coefficient (Wildman–Crippen LogP) is 7.05. The van der Waals surface area contributed by atoms with Crippen molar-refractivity contribution in [3.05, 3.63) is 62.7 Å². The number of aromatic nitrogens is 3. The molecule has 26 heavy (non-hydrogen) atoms. The number of pyridine rings is 1. The van der Waals surface area contributed by atoms with Gasteiger partial charge in [0.05, 0.1) is 26.5 Å². The number of aryl methyl sites for hydroxylation is 1. The molecule has 0 fully saturated rings. The minimum atomic E-state index is 0. The zero-order valence-electron chi connectivity index (χ0n) is 13.3. The highest BCUT2D eigenvalue weighted by molar-refractivity contribution is 8.93. The molecule has 3 heterocycles. The lowest BCUT2D eigenvalue weighted by Crippen LogP contribution is -1.92. The molecule has 3 aromatic heterocycles. The highest BCUT2D eigenvalue weighted by Crippen LogP contribution is 2.32. The van der Waals surface area contributed by atoms with E-state index in [0.29, 0.717) is 15.1 Å². The Morgan fingerprint density at radius 1 is 1.04 bits per heavy atom. The van der Waals surface area contributed by atoms with E-state index in [1.54, 1.807) is 12.1 Å². The predicted molar refractivity (Wildman–Crippen MR) is 116 cm³/mol. The van der Waals surface area contributed by atoms with Crippen LogP contribution in [0.1, 0.15) is 5.69 Å². The zero-order chi connectivity index (χ0) is 17.6. The quantitative estimate of drug-likeness (QED) is 0.335. The summed E-state index contributed by atoms with van der Waals surface area (Å²) >= 11 is 19.6. The number of hydrogen-bond acceptors (Lipinski definition) is 4. The van der Waals surface area contributed by atoms with Gasteiger partial charge in [-0.2, -0.15) is 0 Å². The second kappa shape index (κ2) is 7.74. The fraction of sp³-hybridized carbons (Fsp3) is 0.0588. The van der Waals surface area contributed by atoms with E-state index in [9.17, 15) is 0 Å². The number of hydrogen-bond donors (Lipinski definition) is 1. The van der Waals surface area contributed by atoms with Gasteiger partial charge in [-0.05, 0) is 37.3 Å². The van der Waals surface area contributed by atoms with Crippen LogP contribution in [0, 0.1) is 6.92 Å². The monoisotopic (exact) mass is 488 g/mol. The lowest BCUT2D eigenvalue weighted by atomic mass is 10.3. The van der Waals surface area contributed by atoms with Crippen molar-refractivity contribution >= 4 is 79.6 Å². The number of nitrogens with zero attached hydrogens (tertiary/aromatic N) is 3. The highest BCUT2D eigenvalue weighted by Gasteiger charge is 2.14. The molecule has 0 aliphatic carbocycles. The first-order valence-corrected chi connectivity index (χ1v) is 9.35. The molecule has 9 heteroatoms. The van der Waals surface area contributed by atoms with Gasteiger partial charge >= 0.3 is 0 Å². The lowest BCUT2D eigenvalue weighted by Gasteiger charge is -2.04. The Bertz CT molecular complexity index is 1090. The van der Waals surface area contributed by atoms with Gasteiger partial charge in [-0.3, -0.25) is 4.40 Å². The van der Waals surface area contributed by atoms with Crippen molar-refractivity contribution in [2.24, 2.45) is 0 Å². The Hall–Kier alpha value is -1.31. The summed E-state index contributed by atoms with van der Waals surface area (Å²) in [6.07, 6.45) is 1.84. The smallest absolute Gasteiger partial charge is 0.187 e. The minimum absolute atomic E-state index is 0. The summed E-state index contributed by atoms with van der Waals surface area (Å²) < 4.78 is 1.95. The van der Waals surface area contributed by atoms with Gasteiger partial charge in [0.1, 0.15) is 11.3 Å². The Morgan fingerprint density at radius 3 is 2.62 bits per heavy atom. The molecule has 0 unspecified atom stereocenters. The van der Waals surface area contributed by atoms with Crippen LogP contribution in [-0.2, 0) is 0 Å². The van der Waals surface area contributed by atoms with E-state index in [1.807, 2.05) is 41.1 Å². The first kappa shape index (κ1) is 19.5. The largest absolute Gasteiger partial charge is 0.331 e. The molecule has 0 aliphatic rings. The van der Waals surface area contributed by atoms with Crippen molar-refractivity contribution in [1.29, 1.82) is 0 Å². The molecule has 0 atom stereocenters. The van der Waals surface area contributed by atoms with Gasteiger partial charge in [0.25, 0.3) is 0 Å². The van der Waals surface area contributed by atoms with Crippen molar-refractivity contribution < 1.29 is 0 Å². The van der Waals surface area contributed by atoms with E-state index < -0.39 is 0 Å². The van der Waals surface area contributed by atoms with Gasteiger partial charge in [0.2, 0.25) is 0 Å². The van der Waals surface area contributed by atoms with Crippen LogP contribution in [0.15, 0.2) is 41.9 Å². The molecule has 0 saturated heterocycles. The van der Waals surface area contributed by atoms with E-state index in [0.717, 1.165) is 33.5 Å². The molecule has 0 saturated carbocycles. The van der Waals surface area contributed by atoms with Gasteiger partial charge in [-0.25, -0.2) is 9.97 Å². The maximum absolute atomic E-state index is 6.13. The standard InChI is InChI=1S/C17H11Cl3N4S.BrH/c1-9-16(24-7-10(18)2-5-15(24)21-9)14-8-25-17(23-14)22-11-3-4-12(19)13(20)6-11;/h2-8H,1H3,(H,22,23);1H. The van der Waals surface area contributed by atoms with Crippen LogP contribution in [0.5, 0.6) is 0 Å². The van der Waals surface area contributed by atoms with Crippen molar-refractivity contribution in [3.63, 3.8) is 0 Å². The van der Waals surface area contributed by atoms with E-state index in [2.05, 4.69) is 15.3 Å². The molecule has 0 aliphatic heterocycles. The molecule has 4 nitrogen and oxygen atoms in total. The van der Waals surface area contributed by atoms with Crippen molar-refractivity contribution in [2.75, 3.05) is 5.32 Å². The minimum Gasteiger partial charge on any atom is -0.331 e. The lowest BCUT2D eigenvalue weighted by molar-refractivity contribution is 1.17. The first-order valence-electron chi connectivity index (χ1n) is 7.33. The molecular weight excluding hydrogens is 479 g/mol. The number of benzene rings is 1. The van der Waals surface area contributed by atoms with Crippen LogP contribution in [0.3, 0.4) is 0 Å². The van der Waals surface area contributed by atoms with Crippen molar-refractivity contribution in [2.45, 2.75) is 6.92 Å². The van der Waals surface area contributed by atoms with Gasteiger partial charge in [-0.1, -0.05) is 34.8 Å². The fourth-order valence-electron chi connectivity index (χ4n) is 2.58. The third-order valence-corrected chi connectivity index (χ3v) is 5.39. The summed E-state index contributed by atoms with van der Waals surface area (Å²) in [6.45, 7) is 1.96. The summed E-state index contributed by atoms with van der Waals surface area (Å²) in [6, 6.07) is 9.08. The fourth-order valence-corrected chi connectivity index (χ4v) is 3.76.